The van der Waals surface area contributed by atoms with E-state index in [-0.39, 0.29) is 11.2 Å². The van der Waals surface area contributed by atoms with Crippen LogP contribution in [0.3, 0.4) is 0 Å². The summed E-state index contributed by atoms with van der Waals surface area (Å²) >= 11 is 1.42. The van der Waals surface area contributed by atoms with Crippen molar-refractivity contribution in [1.29, 1.82) is 0 Å². The highest BCUT2D eigenvalue weighted by Crippen LogP contribution is 2.28. The standard InChI is InChI=1S/C21H26N2O4S/c1-4-5-13-27-18-12-11-16(14-19(18)26-3)21(25)23-22-20(24)15(2)28-17-9-7-6-8-10-17/h6-12,14-15H,4-5,13H2,1-3H3,(H,22,24)(H,23,25). The first-order valence-electron chi connectivity index (χ1n) is 9.18. The van der Waals surface area contributed by atoms with Crippen LogP contribution in [-0.2, 0) is 4.79 Å². The highest BCUT2D eigenvalue weighted by Gasteiger charge is 2.16. The van der Waals surface area contributed by atoms with Crippen LogP contribution in [0.4, 0.5) is 0 Å². The monoisotopic (exact) mass is 402 g/mol. The van der Waals surface area contributed by atoms with E-state index < -0.39 is 5.91 Å². The number of thioether (sulfide) groups is 1. The van der Waals surface area contributed by atoms with Gasteiger partial charge in [-0.05, 0) is 43.7 Å². The molecule has 2 aromatic carbocycles. The molecule has 0 spiro atoms. The SMILES string of the molecule is CCCCOc1ccc(C(=O)NNC(=O)C(C)Sc2ccccc2)cc1OC. The molecule has 1 unspecified atom stereocenters. The van der Waals surface area contributed by atoms with E-state index in [0.717, 1.165) is 17.7 Å². The largest absolute Gasteiger partial charge is 0.493 e. The van der Waals surface area contributed by atoms with Crippen molar-refractivity contribution in [1.82, 2.24) is 10.9 Å². The second-order valence-electron chi connectivity index (χ2n) is 6.08. The van der Waals surface area contributed by atoms with Gasteiger partial charge in [-0.1, -0.05) is 31.5 Å². The first kappa shape index (κ1) is 21.6. The molecule has 28 heavy (non-hydrogen) atoms. The summed E-state index contributed by atoms with van der Waals surface area (Å²) in [6.45, 7) is 4.46. The number of unbranched alkanes of at least 4 members (excludes halogenated alkanes) is 1. The minimum atomic E-state index is -0.427. The van der Waals surface area contributed by atoms with Crippen molar-refractivity contribution in [3.63, 3.8) is 0 Å². The van der Waals surface area contributed by atoms with Crippen LogP contribution in [0.1, 0.15) is 37.0 Å². The smallest absolute Gasteiger partial charge is 0.269 e. The van der Waals surface area contributed by atoms with Crippen LogP contribution in [-0.4, -0.2) is 30.8 Å². The van der Waals surface area contributed by atoms with E-state index in [9.17, 15) is 9.59 Å². The molecule has 0 aliphatic rings. The minimum Gasteiger partial charge on any atom is -0.493 e. The lowest BCUT2D eigenvalue weighted by Gasteiger charge is -2.14. The molecule has 0 aliphatic carbocycles. The Morgan fingerprint density at radius 2 is 1.82 bits per heavy atom. The van der Waals surface area contributed by atoms with E-state index >= 15 is 0 Å². The summed E-state index contributed by atoms with van der Waals surface area (Å²) in [6.07, 6.45) is 1.97. The van der Waals surface area contributed by atoms with Crippen LogP contribution >= 0.6 is 11.8 Å². The fraction of sp³-hybridized carbons (Fsp3) is 0.333. The van der Waals surface area contributed by atoms with Crippen molar-refractivity contribution < 1.29 is 19.1 Å². The fourth-order valence-corrected chi connectivity index (χ4v) is 3.19. The molecular weight excluding hydrogens is 376 g/mol. The van der Waals surface area contributed by atoms with Crippen LogP contribution in [0.5, 0.6) is 11.5 Å². The molecular formula is C21H26N2O4S. The Morgan fingerprint density at radius 1 is 1.07 bits per heavy atom. The molecule has 0 bridgehead atoms. The van der Waals surface area contributed by atoms with Crippen LogP contribution in [0.25, 0.3) is 0 Å². The highest BCUT2D eigenvalue weighted by molar-refractivity contribution is 8.00. The van der Waals surface area contributed by atoms with Gasteiger partial charge in [0.15, 0.2) is 11.5 Å². The average molecular weight is 403 g/mol. The molecule has 0 fully saturated rings. The molecule has 2 amide bonds. The zero-order valence-corrected chi connectivity index (χ0v) is 17.2. The van der Waals surface area contributed by atoms with Gasteiger partial charge in [-0.3, -0.25) is 20.4 Å². The maximum atomic E-state index is 12.3. The fourth-order valence-electron chi connectivity index (χ4n) is 2.30. The maximum Gasteiger partial charge on any atom is 0.269 e. The number of rotatable bonds is 9. The summed E-state index contributed by atoms with van der Waals surface area (Å²) in [6, 6.07) is 14.5. The Kier molecular flexibility index (Phi) is 8.68. The Bertz CT molecular complexity index is 783. The lowest BCUT2D eigenvalue weighted by molar-refractivity contribution is -0.121. The molecule has 2 rings (SSSR count). The lowest BCUT2D eigenvalue weighted by atomic mass is 10.2. The Labute approximate surface area is 170 Å². The quantitative estimate of drug-likeness (QED) is 0.379. The third kappa shape index (κ3) is 6.49. The number of ether oxygens (including phenoxy) is 2. The molecule has 6 nitrogen and oxygen atoms in total. The maximum absolute atomic E-state index is 12.3. The first-order chi connectivity index (χ1) is 13.5. The van der Waals surface area contributed by atoms with Gasteiger partial charge in [0.25, 0.3) is 11.8 Å². The van der Waals surface area contributed by atoms with Crippen LogP contribution in [0, 0.1) is 0 Å². The van der Waals surface area contributed by atoms with Gasteiger partial charge in [-0.15, -0.1) is 11.8 Å². The van der Waals surface area contributed by atoms with Gasteiger partial charge < -0.3 is 9.47 Å². The highest BCUT2D eigenvalue weighted by atomic mass is 32.2. The second kappa shape index (κ2) is 11.2. The van der Waals surface area contributed by atoms with Gasteiger partial charge in [0, 0.05) is 10.5 Å². The number of hydrogen-bond acceptors (Lipinski definition) is 5. The third-order valence-electron chi connectivity index (χ3n) is 3.91. The molecule has 7 heteroatoms. The number of amides is 2. The molecule has 1 atom stereocenters. The average Bonchev–Trinajstić information content (AvgIpc) is 2.72. The van der Waals surface area contributed by atoms with Crippen LogP contribution < -0.4 is 20.3 Å². The van der Waals surface area contributed by atoms with Crippen LogP contribution in [0.2, 0.25) is 0 Å². The Hall–Kier alpha value is -2.67. The number of hydrogen-bond donors (Lipinski definition) is 2. The summed E-state index contributed by atoms with van der Waals surface area (Å²) in [5, 5.41) is -0.355. The van der Waals surface area contributed by atoms with Crippen molar-refractivity contribution in [2.75, 3.05) is 13.7 Å². The molecule has 0 heterocycles. The summed E-state index contributed by atoms with van der Waals surface area (Å²) in [7, 11) is 1.52. The van der Waals surface area contributed by atoms with Gasteiger partial charge >= 0.3 is 0 Å². The predicted octanol–water partition coefficient (Wildman–Crippen LogP) is 3.82. The van der Waals surface area contributed by atoms with E-state index in [2.05, 4.69) is 17.8 Å². The Balaban J connectivity index is 1.90. The second-order valence-corrected chi connectivity index (χ2v) is 7.50. The normalized spacial score (nSPS) is 11.4. The molecule has 150 valence electrons. The van der Waals surface area contributed by atoms with Gasteiger partial charge in [-0.25, -0.2) is 0 Å². The minimum absolute atomic E-state index is 0.284. The van der Waals surface area contributed by atoms with Crippen molar-refractivity contribution in [2.24, 2.45) is 0 Å². The van der Waals surface area contributed by atoms with Gasteiger partial charge in [-0.2, -0.15) is 0 Å². The zero-order valence-electron chi connectivity index (χ0n) is 16.4. The van der Waals surface area contributed by atoms with E-state index in [1.807, 2.05) is 30.3 Å². The van der Waals surface area contributed by atoms with Gasteiger partial charge in [0.05, 0.1) is 19.0 Å². The first-order valence-corrected chi connectivity index (χ1v) is 10.1. The van der Waals surface area contributed by atoms with Crippen LogP contribution in [0.15, 0.2) is 53.4 Å². The predicted molar refractivity (Wildman–Crippen MR) is 111 cm³/mol. The number of hydrazine groups is 1. The number of methoxy groups -OCH3 is 1. The van der Waals surface area contributed by atoms with E-state index in [0.29, 0.717) is 23.7 Å². The van der Waals surface area contributed by atoms with E-state index in [1.54, 1.807) is 25.1 Å². The van der Waals surface area contributed by atoms with Gasteiger partial charge in [0.1, 0.15) is 0 Å². The molecule has 2 N–H and O–H groups in total. The number of carbonyl (C=O) groups excluding carboxylic acids is 2. The lowest BCUT2D eigenvalue weighted by Crippen LogP contribution is -2.44. The zero-order chi connectivity index (χ0) is 20.4. The number of carbonyl (C=O) groups is 2. The molecule has 0 radical (unpaired) electrons. The summed E-state index contributed by atoms with van der Waals surface area (Å²) in [5.74, 6) is 0.352. The Morgan fingerprint density at radius 3 is 2.50 bits per heavy atom. The van der Waals surface area contributed by atoms with Crippen molar-refractivity contribution in [2.45, 2.75) is 36.8 Å². The van der Waals surface area contributed by atoms with E-state index in [1.165, 1.54) is 18.9 Å². The molecule has 0 saturated carbocycles. The molecule has 0 aliphatic heterocycles. The number of benzene rings is 2. The van der Waals surface area contributed by atoms with E-state index in [4.69, 9.17) is 9.47 Å². The topological polar surface area (TPSA) is 76.7 Å². The van der Waals surface area contributed by atoms with Crippen molar-refractivity contribution in [3.8, 4) is 11.5 Å². The summed E-state index contributed by atoms with van der Waals surface area (Å²) < 4.78 is 11.0. The third-order valence-corrected chi connectivity index (χ3v) is 5.02. The summed E-state index contributed by atoms with van der Waals surface area (Å²) in [5.41, 5.74) is 5.27. The summed E-state index contributed by atoms with van der Waals surface area (Å²) in [4.78, 5) is 25.5. The van der Waals surface area contributed by atoms with Gasteiger partial charge in [0.2, 0.25) is 0 Å². The molecule has 0 saturated heterocycles. The van der Waals surface area contributed by atoms with Crippen molar-refractivity contribution in [3.05, 3.63) is 54.1 Å². The van der Waals surface area contributed by atoms with Crippen molar-refractivity contribution >= 4 is 23.6 Å². The molecule has 2 aromatic rings. The molecule has 0 aromatic heterocycles. The number of nitrogens with one attached hydrogen (secondary N) is 2.